The first-order chi connectivity index (χ1) is 13.6. The van der Waals surface area contributed by atoms with E-state index in [9.17, 15) is 9.18 Å². The first kappa shape index (κ1) is 16.6. The Balaban J connectivity index is 1.53. The van der Waals surface area contributed by atoms with Crippen LogP contribution in [-0.4, -0.2) is 28.0 Å². The molecule has 2 aliphatic rings. The summed E-state index contributed by atoms with van der Waals surface area (Å²) in [5, 5.41) is 13.2. The van der Waals surface area contributed by atoms with Crippen molar-refractivity contribution in [1.29, 1.82) is 0 Å². The van der Waals surface area contributed by atoms with Gasteiger partial charge in [-0.2, -0.15) is 0 Å². The van der Waals surface area contributed by atoms with Gasteiger partial charge in [0.2, 0.25) is 6.17 Å². The van der Waals surface area contributed by atoms with E-state index in [2.05, 4.69) is 25.8 Å². The van der Waals surface area contributed by atoms with Crippen LogP contribution in [0.25, 0.3) is 0 Å². The zero-order valence-corrected chi connectivity index (χ0v) is 14.7. The number of aliphatic imine (C=N–C) groups is 1. The van der Waals surface area contributed by atoms with Gasteiger partial charge in [-0.3, -0.25) is 4.79 Å². The van der Waals surface area contributed by atoms with Crippen molar-refractivity contribution >= 4 is 23.3 Å². The van der Waals surface area contributed by atoms with Gasteiger partial charge in [0.1, 0.15) is 0 Å². The summed E-state index contributed by atoms with van der Waals surface area (Å²) in [6.45, 7) is 0. The molecule has 1 atom stereocenters. The van der Waals surface area contributed by atoms with Gasteiger partial charge in [0, 0.05) is 11.1 Å². The third-order valence-electron chi connectivity index (χ3n) is 4.75. The lowest BCUT2D eigenvalue weighted by atomic mass is 10.0. The number of nitrogens with zero attached hydrogens (tertiary/aromatic N) is 3. The monoisotopic (exact) mass is 377 g/mol. The molecule has 1 amide bonds. The van der Waals surface area contributed by atoms with E-state index in [0.717, 1.165) is 11.1 Å². The lowest BCUT2D eigenvalue weighted by molar-refractivity contribution is -0.116. The summed E-state index contributed by atoms with van der Waals surface area (Å²) in [6.07, 6.45) is -0.278. The van der Waals surface area contributed by atoms with Gasteiger partial charge in [-0.25, -0.2) is 9.38 Å². The van der Waals surface area contributed by atoms with Crippen LogP contribution in [-0.2, 0) is 10.5 Å². The fourth-order valence-electron chi connectivity index (χ4n) is 3.08. The largest absolute Gasteiger partial charge is 0.405 e. The van der Waals surface area contributed by atoms with Gasteiger partial charge in [0.25, 0.3) is 11.8 Å². The molecule has 0 spiro atoms. The summed E-state index contributed by atoms with van der Waals surface area (Å²) in [4.78, 5) is 17.4. The zero-order valence-electron chi connectivity index (χ0n) is 14.7. The van der Waals surface area contributed by atoms with Crippen LogP contribution in [0.3, 0.4) is 0 Å². The van der Waals surface area contributed by atoms with Crippen molar-refractivity contribution in [3.63, 3.8) is 0 Å². The number of hydrogen-bond donors (Lipinski definition) is 2. The molecule has 3 aromatic rings. The van der Waals surface area contributed by atoms with Crippen LogP contribution >= 0.6 is 0 Å². The normalized spacial score (nSPS) is 19.8. The molecule has 2 aromatic carbocycles. The van der Waals surface area contributed by atoms with E-state index in [1.165, 1.54) is 0 Å². The van der Waals surface area contributed by atoms with Crippen LogP contribution in [0.2, 0.25) is 0 Å². The topological polar surface area (TPSA) is 92.4 Å². The zero-order chi connectivity index (χ0) is 19.1. The number of nitrogens with one attached hydrogen (secondary N) is 2. The molecule has 1 aliphatic heterocycles. The molecule has 1 fully saturated rings. The summed E-state index contributed by atoms with van der Waals surface area (Å²) in [5.41, 5.74) is 1.44. The number of alkyl halides is 1. The molecule has 5 rings (SSSR count). The van der Waals surface area contributed by atoms with Gasteiger partial charge >= 0.3 is 6.01 Å². The second-order valence-corrected chi connectivity index (χ2v) is 6.80. The van der Waals surface area contributed by atoms with Crippen molar-refractivity contribution in [2.45, 2.75) is 24.7 Å². The molecule has 8 heteroatoms. The van der Waals surface area contributed by atoms with Crippen LogP contribution in [0.15, 0.2) is 64.0 Å². The van der Waals surface area contributed by atoms with E-state index in [1.54, 1.807) is 0 Å². The van der Waals surface area contributed by atoms with E-state index in [0.29, 0.717) is 24.2 Å². The SMILES string of the molecule is O=C1Nc2ccccc2C(c2ccccc2)=NC1Nc1nnc(C2(F)CC2)o1. The molecular formula is C20H16FN5O2. The number of benzene rings is 2. The minimum Gasteiger partial charge on any atom is -0.405 e. The summed E-state index contributed by atoms with van der Waals surface area (Å²) >= 11 is 0. The molecule has 1 unspecified atom stereocenters. The maximum absolute atomic E-state index is 14.1. The lowest BCUT2D eigenvalue weighted by Crippen LogP contribution is -2.32. The van der Waals surface area contributed by atoms with Gasteiger partial charge in [-0.1, -0.05) is 53.6 Å². The molecule has 140 valence electrons. The van der Waals surface area contributed by atoms with Crippen LogP contribution in [0, 0.1) is 0 Å². The van der Waals surface area contributed by atoms with Crippen LogP contribution in [0.1, 0.15) is 29.9 Å². The molecule has 1 aliphatic carbocycles. The number of halogens is 1. The Kier molecular flexibility index (Phi) is 3.71. The Morgan fingerprint density at radius 2 is 1.82 bits per heavy atom. The number of rotatable bonds is 4. The smallest absolute Gasteiger partial charge is 0.317 e. The average Bonchev–Trinajstić information content (AvgIpc) is 3.32. The predicted octanol–water partition coefficient (Wildman–Crippen LogP) is 3.26. The Morgan fingerprint density at radius 3 is 2.61 bits per heavy atom. The molecule has 2 heterocycles. The summed E-state index contributed by atoms with van der Waals surface area (Å²) < 4.78 is 19.5. The van der Waals surface area contributed by atoms with Gasteiger partial charge in [0.15, 0.2) is 5.67 Å². The fraction of sp³-hybridized carbons (Fsp3) is 0.200. The number of benzodiazepines with no additional fused rings is 1. The van der Waals surface area contributed by atoms with Crippen LogP contribution < -0.4 is 10.6 Å². The van der Waals surface area contributed by atoms with Gasteiger partial charge in [-0.15, -0.1) is 5.10 Å². The highest BCUT2D eigenvalue weighted by Crippen LogP contribution is 2.49. The second-order valence-electron chi connectivity index (χ2n) is 6.80. The van der Waals surface area contributed by atoms with E-state index in [1.807, 2.05) is 54.6 Å². The Labute approximate surface area is 159 Å². The van der Waals surface area contributed by atoms with Crippen molar-refractivity contribution < 1.29 is 13.6 Å². The van der Waals surface area contributed by atoms with Crippen molar-refractivity contribution in [2.24, 2.45) is 4.99 Å². The molecule has 0 bridgehead atoms. The third kappa shape index (κ3) is 2.92. The average molecular weight is 377 g/mol. The molecule has 1 saturated carbocycles. The van der Waals surface area contributed by atoms with Crippen LogP contribution in [0.4, 0.5) is 16.1 Å². The summed E-state index contributed by atoms with van der Waals surface area (Å²) in [7, 11) is 0. The predicted molar refractivity (Wildman–Crippen MR) is 101 cm³/mol. The number of para-hydroxylation sites is 1. The fourth-order valence-corrected chi connectivity index (χ4v) is 3.08. The van der Waals surface area contributed by atoms with Gasteiger partial charge in [0.05, 0.1) is 11.4 Å². The van der Waals surface area contributed by atoms with Crippen molar-refractivity contribution in [2.75, 3.05) is 10.6 Å². The number of amides is 1. The van der Waals surface area contributed by atoms with Gasteiger partial charge in [-0.05, 0) is 18.9 Å². The lowest BCUT2D eigenvalue weighted by Gasteiger charge is -2.11. The van der Waals surface area contributed by atoms with Crippen LogP contribution in [0.5, 0.6) is 0 Å². The minimum absolute atomic E-state index is 0.0406. The Morgan fingerprint density at radius 1 is 1.07 bits per heavy atom. The standard InChI is InChI=1S/C20H16FN5O2/c21-20(10-11-20)18-25-26-19(28-18)24-16-17(27)22-14-9-5-4-8-13(14)15(23-16)12-6-2-1-3-7-12/h1-9,16H,10-11H2,(H,22,27)(H,24,26). The second kappa shape index (κ2) is 6.26. The molecule has 1 aromatic heterocycles. The minimum atomic E-state index is -1.53. The summed E-state index contributed by atoms with van der Waals surface area (Å²) in [5.74, 6) is -0.445. The molecule has 2 N–H and O–H groups in total. The number of fused-ring (bicyclic) bond motifs is 1. The first-order valence-electron chi connectivity index (χ1n) is 8.95. The Hall–Kier alpha value is -3.55. The number of hydrogen-bond acceptors (Lipinski definition) is 6. The first-order valence-corrected chi connectivity index (χ1v) is 8.95. The molecule has 7 nitrogen and oxygen atoms in total. The highest BCUT2D eigenvalue weighted by Gasteiger charge is 2.50. The third-order valence-corrected chi connectivity index (χ3v) is 4.75. The highest BCUT2D eigenvalue weighted by molar-refractivity contribution is 6.19. The quantitative estimate of drug-likeness (QED) is 0.728. The maximum atomic E-state index is 14.1. The van der Waals surface area contributed by atoms with Crippen molar-refractivity contribution in [3.8, 4) is 0 Å². The number of carbonyl (C=O) groups excluding carboxylic acids is 1. The molecule has 0 saturated heterocycles. The number of anilines is 2. The van der Waals surface area contributed by atoms with Gasteiger partial charge < -0.3 is 15.1 Å². The van der Waals surface area contributed by atoms with Crippen molar-refractivity contribution in [1.82, 2.24) is 10.2 Å². The number of carbonyl (C=O) groups is 1. The van der Waals surface area contributed by atoms with E-state index < -0.39 is 11.8 Å². The van der Waals surface area contributed by atoms with E-state index in [-0.39, 0.29) is 17.8 Å². The van der Waals surface area contributed by atoms with Crippen molar-refractivity contribution in [3.05, 3.63) is 71.6 Å². The van der Waals surface area contributed by atoms with E-state index >= 15 is 0 Å². The highest BCUT2D eigenvalue weighted by atomic mass is 19.1. The number of aromatic nitrogens is 2. The maximum Gasteiger partial charge on any atom is 0.317 e. The summed E-state index contributed by atoms with van der Waals surface area (Å²) in [6, 6.07) is 17.0. The Bertz CT molecular complexity index is 1070. The molecular weight excluding hydrogens is 361 g/mol. The van der Waals surface area contributed by atoms with E-state index in [4.69, 9.17) is 4.42 Å². The molecule has 28 heavy (non-hydrogen) atoms. The molecule has 0 radical (unpaired) electrons.